The van der Waals surface area contributed by atoms with E-state index in [0.717, 1.165) is 31.9 Å². The van der Waals surface area contributed by atoms with Gasteiger partial charge in [0.05, 0.1) is 10.7 Å². The van der Waals surface area contributed by atoms with Gasteiger partial charge in [-0.15, -0.1) is 12.4 Å². The molecule has 1 fully saturated rings. The second kappa shape index (κ2) is 7.42. The quantitative estimate of drug-likeness (QED) is 0.920. The van der Waals surface area contributed by atoms with E-state index < -0.39 is 0 Å². The van der Waals surface area contributed by atoms with Crippen LogP contribution in [0.25, 0.3) is 5.65 Å². The van der Waals surface area contributed by atoms with E-state index in [-0.39, 0.29) is 18.0 Å². The Balaban J connectivity index is 0.00000176. The molecule has 5 nitrogen and oxygen atoms in total. The zero-order valence-corrected chi connectivity index (χ0v) is 14.0. The number of likely N-dealkylation sites (tertiary alicyclic amines) is 1. The number of fused-ring (bicyclic) bond motifs is 1. The molecule has 1 unspecified atom stereocenters. The Morgan fingerprint density at radius 1 is 1.45 bits per heavy atom. The number of hydrogen-bond acceptors (Lipinski definition) is 4. The van der Waals surface area contributed by atoms with Crippen LogP contribution in [0.4, 0.5) is 0 Å². The summed E-state index contributed by atoms with van der Waals surface area (Å²) in [4.78, 5) is 19.0. The molecule has 1 atom stereocenters. The predicted molar refractivity (Wildman–Crippen MR) is 91.0 cm³/mol. The number of nitrogens with one attached hydrogen (secondary N) is 1. The van der Waals surface area contributed by atoms with Crippen molar-refractivity contribution < 1.29 is 0 Å². The Morgan fingerprint density at radius 3 is 3.05 bits per heavy atom. The van der Waals surface area contributed by atoms with Crippen molar-refractivity contribution in [1.82, 2.24) is 19.6 Å². The van der Waals surface area contributed by atoms with Gasteiger partial charge < -0.3 is 5.32 Å². The fourth-order valence-corrected chi connectivity index (χ4v) is 3.11. The van der Waals surface area contributed by atoms with E-state index in [9.17, 15) is 4.79 Å². The van der Waals surface area contributed by atoms with Crippen LogP contribution >= 0.6 is 24.0 Å². The van der Waals surface area contributed by atoms with E-state index in [1.165, 1.54) is 10.8 Å². The van der Waals surface area contributed by atoms with Crippen molar-refractivity contribution in [3.05, 3.63) is 45.5 Å². The van der Waals surface area contributed by atoms with Crippen LogP contribution < -0.4 is 10.9 Å². The average Bonchev–Trinajstić information content (AvgIpc) is 2.87. The smallest absolute Gasteiger partial charge is 0.258 e. The van der Waals surface area contributed by atoms with Crippen molar-refractivity contribution in [2.45, 2.75) is 13.0 Å². The fourth-order valence-electron chi connectivity index (χ4n) is 2.95. The summed E-state index contributed by atoms with van der Waals surface area (Å²) in [5.41, 5.74) is 1.39. The monoisotopic (exact) mass is 342 g/mol. The predicted octanol–water partition coefficient (Wildman–Crippen LogP) is 1.81. The van der Waals surface area contributed by atoms with Crippen LogP contribution in [0, 0.1) is 5.92 Å². The lowest BCUT2D eigenvalue weighted by Crippen LogP contribution is -2.26. The maximum absolute atomic E-state index is 12.1. The van der Waals surface area contributed by atoms with Crippen LogP contribution in [0.1, 0.15) is 12.1 Å². The van der Waals surface area contributed by atoms with Crippen molar-refractivity contribution in [1.29, 1.82) is 0 Å². The molecule has 0 saturated carbocycles. The molecule has 0 radical (unpaired) electrons. The van der Waals surface area contributed by atoms with Gasteiger partial charge >= 0.3 is 0 Å². The average molecular weight is 343 g/mol. The van der Waals surface area contributed by atoms with Gasteiger partial charge in [0.1, 0.15) is 5.65 Å². The third kappa shape index (κ3) is 3.79. The van der Waals surface area contributed by atoms with Crippen LogP contribution in [-0.4, -0.2) is 41.0 Å². The van der Waals surface area contributed by atoms with Gasteiger partial charge in [-0.25, -0.2) is 4.98 Å². The van der Waals surface area contributed by atoms with Gasteiger partial charge in [0.25, 0.3) is 5.56 Å². The highest BCUT2D eigenvalue weighted by molar-refractivity contribution is 6.30. The molecule has 0 aromatic carbocycles. The molecule has 0 spiro atoms. The van der Waals surface area contributed by atoms with Crippen molar-refractivity contribution in [3.8, 4) is 0 Å². The van der Waals surface area contributed by atoms with Crippen LogP contribution in [0.5, 0.6) is 0 Å². The maximum atomic E-state index is 12.1. The van der Waals surface area contributed by atoms with Crippen molar-refractivity contribution in [2.24, 2.45) is 5.92 Å². The van der Waals surface area contributed by atoms with Gasteiger partial charge in [-0.05, 0) is 44.6 Å². The van der Waals surface area contributed by atoms with Crippen molar-refractivity contribution >= 4 is 29.7 Å². The molecule has 7 heteroatoms. The van der Waals surface area contributed by atoms with Crippen molar-refractivity contribution in [2.75, 3.05) is 26.7 Å². The van der Waals surface area contributed by atoms with Crippen LogP contribution in [0.3, 0.4) is 0 Å². The molecular weight excluding hydrogens is 323 g/mol. The Bertz CT molecular complexity index is 703. The molecule has 2 aromatic heterocycles. The highest BCUT2D eigenvalue weighted by Crippen LogP contribution is 2.17. The van der Waals surface area contributed by atoms with Gasteiger partial charge in [-0.2, -0.15) is 0 Å². The SMILES string of the molecule is CNCC1CCN(Cc2cc(=O)n3cc(Cl)ccc3n2)C1.Cl. The third-order valence-electron chi connectivity index (χ3n) is 3.92. The lowest BCUT2D eigenvalue weighted by Gasteiger charge is -2.15. The first-order valence-corrected chi connectivity index (χ1v) is 7.58. The van der Waals surface area contributed by atoms with Crippen LogP contribution in [-0.2, 0) is 6.54 Å². The molecule has 1 N–H and O–H groups in total. The molecule has 0 bridgehead atoms. The first-order chi connectivity index (χ1) is 10.2. The molecular formula is C15H20Cl2N4O. The molecule has 1 saturated heterocycles. The second-order valence-corrected chi connectivity index (χ2v) is 6.05. The first kappa shape index (κ1) is 17.2. The van der Waals surface area contributed by atoms with Crippen LogP contribution in [0.15, 0.2) is 29.2 Å². The Hall–Kier alpha value is -1.14. The molecule has 0 aliphatic carbocycles. The summed E-state index contributed by atoms with van der Waals surface area (Å²) < 4.78 is 1.49. The molecule has 120 valence electrons. The molecule has 3 rings (SSSR count). The van der Waals surface area contributed by atoms with E-state index in [1.807, 2.05) is 7.05 Å². The largest absolute Gasteiger partial charge is 0.319 e. The highest BCUT2D eigenvalue weighted by atomic mass is 35.5. The summed E-state index contributed by atoms with van der Waals surface area (Å²) >= 11 is 5.91. The Kier molecular flexibility index (Phi) is 5.81. The molecule has 0 amide bonds. The standard InChI is InChI=1S/C15H19ClN4O.ClH/c1-17-7-11-4-5-19(8-11)10-13-6-15(21)20-9-12(16)2-3-14(20)18-13;/h2-3,6,9,11,17H,4-5,7-8,10H2,1H3;1H. The minimum Gasteiger partial charge on any atom is -0.319 e. The molecule has 1 aliphatic heterocycles. The number of nitrogens with zero attached hydrogens (tertiary/aromatic N) is 3. The third-order valence-corrected chi connectivity index (χ3v) is 4.15. The topological polar surface area (TPSA) is 49.6 Å². The Morgan fingerprint density at radius 2 is 2.27 bits per heavy atom. The minimum absolute atomic E-state index is 0. The van der Waals surface area contributed by atoms with Gasteiger partial charge in [0.15, 0.2) is 0 Å². The van der Waals surface area contributed by atoms with E-state index in [2.05, 4.69) is 15.2 Å². The lowest BCUT2D eigenvalue weighted by molar-refractivity contribution is 0.311. The van der Waals surface area contributed by atoms with E-state index in [0.29, 0.717) is 16.6 Å². The number of hydrogen-bond donors (Lipinski definition) is 1. The summed E-state index contributed by atoms with van der Waals surface area (Å²) in [6, 6.07) is 5.14. The molecule has 3 heterocycles. The minimum atomic E-state index is -0.0801. The number of aromatic nitrogens is 2. The fraction of sp³-hybridized carbons (Fsp3) is 0.467. The van der Waals surface area contributed by atoms with Gasteiger partial charge in [-0.1, -0.05) is 11.6 Å². The van der Waals surface area contributed by atoms with E-state index in [4.69, 9.17) is 11.6 Å². The van der Waals surface area contributed by atoms with E-state index >= 15 is 0 Å². The lowest BCUT2D eigenvalue weighted by atomic mass is 10.1. The zero-order chi connectivity index (χ0) is 14.8. The molecule has 1 aliphatic rings. The summed E-state index contributed by atoms with van der Waals surface area (Å²) in [5.74, 6) is 0.690. The second-order valence-electron chi connectivity index (χ2n) is 5.61. The van der Waals surface area contributed by atoms with Gasteiger partial charge in [-0.3, -0.25) is 14.1 Å². The normalized spacial score (nSPS) is 18.5. The number of halogens is 2. The van der Waals surface area contributed by atoms with Crippen molar-refractivity contribution in [3.63, 3.8) is 0 Å². The Labute approximate surface area is 140 Å². The maximum Gasteiger partial charge on any atom is 0.258 e. The first-order valence-electron chi connectivity index (χ1n) is 7.20. The molecule has 22 heavy (non-hydrogen) atoms. The molecule has 2 aromatic rings. The summed E-state index contributed by atoms with van der Waals surface area (Å²) in [7, 11) is 1.99. The van der Waals surface area contributed by atoms with Gasteiger partial charge in [0.2, 0.25) is 0 Å². The zero-order valence-electron chi connectivity index (χ0n) is 12.5. The highest BCUT2D eigenvalue weighted by Gasteiger charge is 2.22. The van der Waals surface area contributed by atoms with Crippen LogP contribution in [0.2, 0.25) is 5.02 Å². The number of rotatable bonds is 4. The number of pyridine rings is 1. The summed E-state index contributed by atoms with van der Waals surface area (Å²) in [5, 5.41) is 3.76. The summed E-state index contributed by atoms with van der Waals surface area (Å²) in [6.07, 6.45) is 2.80. The van der Waals surface area contributed by atoms with E-state index in [1.54, 1.807) is 24.4 Å². The summed E-state index contributed by atoms with van der Waals surface area (Å²) in [6.45, 7) is 3.90. The van der Waals surface area contributed by atoms with Gasteiger partial charge in [0, 0.05) is 25.4 Å².